The lowest BCUT2D eigenvalue weighted by atomic mass is 9.99. The SMILES string of the molecule is CC.CCC1=CC2=CC(C=CC=C2CNCCOC)N1. The van der Waals surface area contributed by atoms with Gasteiger partial charge in [0.25, 0.3) is 0 Å². The number of hydrogen-bond acceptors (Lipinski definition) is 3. The fourth-order valence-electron chi connectivity index (χ4n) is 2.18. The fourth-order valence-corrected chi connectivity index (χ4v) is 2.18. The molecule has 2 bridgehead atoms. The van der Waals surface area contributed by atoms with Crippen LogP contribution in [0.3, 0.4) is 0 Å². The molecule has 0 aromatic rings. The van der Waals surface area contributed by atoms with E-state index in [0.29, 0.717) is 6.04 Å². The standard InChI is InChI=1S/C15H22N2O.C2H6/c1-3-14-9-13-10-15(17-14)6-4-5-12(13)11-16-7-8-18-2;1-2/h4-6,9-10,15-17H,3,7-8,11H2,1-2H3;1-2H3. The van der Waals surface area contributed by atoms with Crippen molar-refractivity contribution in [3.63, 3.8) is 0 Å². The van der Waals surface area contributed by atoms with Crippen LogP contribution >= 0.6 is 0 Å². The van der Waals surface area contributed by atoms with Crippen LogP contribution in [0.4, 0.5) is 0 Å². The summed E-state index contributed by atoms with van der Waals surface area (Å²) in [5.41, 5.74) is 4.00. The molecule has 0 amide bonds. The number of dihydropyridines is 1. The van der Waals surface area contributed by atoms with E-state index in [2.05, 4.69) is 47.9 Å². The maximum atomic E-state index is 5.04. The second kappa shape index (κ2) is 9.56. The van der Waals surface area contributed by atoms with Gasteiger partial charge in [-0.3, -0.25) is 0 Å². The maximum absolute atomic E-state index is 5.04. The van der Waals surface area contributed by atoms with Crippen LogP contribution in [0.2, 0.25) is 0 Å². The molecule has 2 N–H and O–H groups in total. The smallest absolute Gasteiger partial charge is 0.0637 e. The summed E-state index contributed by atoms with van der Waals surface area (Å²) in [6.45, 7) is 8.71. The van der Waals surface area contributed by atoms with Crippen molar-refractivity contribution in [2.75, 3.05) is 26.8 Å². The molecule has 1 atom stereocenters. The van der Waals surface area contributed by atoms with Crippen molar-refractivity contribution in [1.29, 1.82) is 0 Å². The van der Waals surface area contributed by atoms with E-state index in [0.717, 1.165) is 26.1 Å². The van der Waals surface area contributed by atoms with Gasteiger partial charge in [-0.05, 0) is 23.6 Å². The molecule has 3 heteroatoms. The van der Waals surface area contributed by atoms with Crippen molar-refractivity contribution < 1.29 is 4.74 Å². The van der Waals surface area contributed by atoms with E-state index in [9.17, 15) is 0 Å². The average molecular weight is 276 g/mol. The fraction of sp³-hybridized carbons (Fsp3) is 0.529. The molecule has 0 fully saturated rings. The van der Waals surface area contributed by atoms with E-state index in [1.165, 1.54) is 16.8 Å². The Kier molecular flexibility index (Phi) is 8.00. The first-order valence-electron chi connectivity index (χ1n) is 7.59. The maximum Gasteiger partial charge on any atom is 0.0637 e. The molecule has 1 heterocycles. The Hall–Kier alpha value is -1.32. The van der Waals surface area contributed by atoms with Crippen LogP contribution in [0.15, 0.2) is 47.2 Å². The van der Waals surface area contributed by atoms with Crippen molar-refractivity contribution >= 4 is 0 Å². The summed E-state index contributed by atoms with van der Waals surface area (Å²) in [6.07, 6.45) is 12.1. The van der Waals surface area contributed by atoms with Gasteiger partial charge in [0.15, 0.2) is 0 Å². The second-order valence-electron chi connectivity index (χ2n) is 4.56. The number of hydrogen-bond donors (Lipinski definition) is 2. The zero-order chi connectivity index (χ0) is 14.8. The molecule has 2 aliphatic rings. The molecule has 0 spiro atoms. The molecule has 1 unspecified atom stereocenters. The first-order valence-corrected chi connectivity index (χ1v) is 7.59. The highest BCUT2D eigenvalue weighted by Gasteiger charge is 2.15. The summed E-state index contributed by atoms with van der Waals surface area (Å²) in [4.78, 5) is 0. The molecule has 2 rings (SSSR count). The first-order chi connectivity index (χ1) is 9.83. The number of fused-ring (bicyclic) bond motifs is 1. The van der Waals surface area contributed by atoms with Crippen LogP contribution in [-0.4, -0.2) is 32.8 Å². The monoisotopic (exact) mass is 276 g/mol. The van der Waals surface area contributed by atoms with E-state index < -0.39 is 0 Å². The van der Waals surface area contributed by atoms with Gasteiger partial charge in [0.1, 0.15) is 0 Å². The third-order valence-corrected chi connectivity index (χ3v) is 3.21. The molecule has 0 saturated heterocycles. The second-order valence-corrected chi connectivity index (χ2v) is 4.56. The quantitative estimate of drug-likeness (QED) is 0.732. The molecular weight excluding hydrogens is 248 g/mol. The van der Waals surface area contributed by atoms with Crippen molar-refractivity contribution in [3.05, 3.63) is 47.2 Å². The minimum Gasteiger partial charge on any atom is -0.383 e. The molecular formula is C17H28N2O. The summed E-state index contributed by atoms with van der Waals surface area (Å²) in [5, 5.41) is 6.90. The first kappa shape index (κ1) is 16.7. The summed E-state index contributed by atoms with van der Waals surface area (Å²) >= 11 is 0. The summed E-state index contributed by atoms with van der Waals surface area (Å²) in [5.74, 6) is 0. The number of methoxy groups -OCH3 is 1. The summed E-state index contributed by atoms with van der Waals surface area (Å²) in [7, 11) is 1.73. The molecule has 0 saturated carbocycles. The van der Waals surface area contributed by atoms with Gasteiger partial charge in [0.05, 0.1) is 12.6 Å². The lowest BCUT2D eigenvalue weighted by molar-refractivity contribution is 0.200. The van der Waals surface area contributed by atoms with Gasteiger partial charge < -0.3 is 15.4 Å². The highest BCUT2D eigenvalue weighted by molar-refractivity contribution is 5.49. The highest BCUT2D eigenvalue weighted by atomic mass is 16.5. The largest absolute Gasteiger partial charge is 0.383 e. The lowest BCUT2D eigenvalue weighted by Crippen LogP contribution is -2.28. The van der Waals surface area contributed by atoms with Gasteiger partial charge in [-0.15, -0.1) is 0 Å². The number of nitrogens with one attached hydrogen (secondary N) is 2. The number of ether oxygens (including phenoxy) is 1. The third kappa shape index (κ3) is 4.99. The van der Waals surface area contributed by atoms with Gasteiger partial charge in [-0.2, -0.15) is 0 Å². The number of rotatable bonds is 6. The predicted octanol–water partition coefficient (Wildman–Crippen LogP) is 2.94. The van der Waals surface area contributed by atoms with Gasteiger partial charge >= 0.3 is 0 Å². The minimum atomic E-state index is 0.340. The summed E-state index contributed by atoms with van der Waals surface area (Å²) < 4.78 is 5.04. The van der Waals surface area contributed by atoms with Crippen LogP contribution in [0.1, 0.15) is 27.2 Å². The van der Waals surface area contributed by atoms with Gasteiger partial charge in [0, 0.05) is 25.9 Å². The Balaban J connectivity index is 0.000000956. The van der Waals surface area contributed by atoms with E-state index in [4.69, 9.17) is 4.74 Å². The van der Waals surface area contributed by atoms with E-state index in [1.54, 1.807) is 7.11 Å². The van der Waals surface area contributed by atoms with Crippen LogP contribution in [-0.2, 0) is 4.74 Å². The van der Waals surface area contributed by atoms with E-state index in [1.807, 2.05) is 13.8 Å². The Labute approximate surface area is 123 Å². The van der Waals surface area contributed by atoms with Crippen LogP contribution in [0.5, 0.6) is 0 Å². The molecule has 1 aliphatic heterocycles. The van der Waals surface area contributed by atoms with Crippen molar-refractivity contribution in [1.82, 2.24) is 10.6 Å². The van der Waals surface area contributed by atoms with E-state index >= 15 is 0 Å². The van der Waals surface area contributed by atoms with Gasteiger partial charge in [0.2, 0.25) is 0 Å². The molecule has 0 aromatic carbocycles. The molecule has 0 radical (unpaired) electrons. The summed E-state index contributed by atoms with van der Waals surface area (Å²) in [6, 6.07) is 0.340. The molecule has 20 heavy (non-hydrogen) atoms. The number of allylic oxidation sites excluding steroid dienone is 4. The Morgan fingerprint density at radius 2 is 2.15 bits per heavy atom. The molecule has 1 aliphatic carbocycles. The molecule has 0 aromatic heterocycles. The third-order valence-electron chi connectivity index (χ3n) is 3.21. The Morgan fingerprint density at radius 1 is 1.35 bits per heavy atom. The van der Waals surface area contributed by atoms with E-state index in [-0.39, 0.29) is 0 Å². The molecule has 3 nitrogen and oxygen atoms in total. The van der Waals surface area contributed by atoms with Gasteiger partial charge in [-0.25, -0.2) is 0 Å². The topological polar surface area (TPSA) is 33.3 Å². The predicted molar refractivity (Wildman–Crippen MR) is 86.7 cm³/mol. The van der Waals surface area contributed by atoms with Crippen LogP contribution in [0, 0.1) is 0 Å². The van der Waals surface area contributed by atoms with Crippen LogP contribution in [0.25, 0.3) is 0 Å². The zero-order valence-corrected chi connectivity index (χ0v) is 13.2. The minimum absolute atomic E-state index is 0.340. The Bertz CT molecular complexity index is 405. The average Bonchev–Trinajstić information content (AvgIpc) is 2.64. The van der Waals surface area contributed by atoms with Crippen molar-refractivity contribution in [2.24, 2.45) is 0 Å². The van der Waals surface area contributed by atoms with Gasteiger partial charge in [-0.1, -0.05) is 45.1 Å². The van der Waals surface area contributed by atoms with Crippen LogP contribution < -0.4 is 10.6 Å². The lowest BCUT2D eigenvalue weighted by Gasteiger charge is -2.21. The zero-order valence-electron chi connectivity index (χ0n) is 13.2. The van der Waals surface area contributed by atoms with Crippen molar-refractivity contribution in [3.8, 4) is 0 Å². The highest BCUT2D eigenvalue weighted by Crippen LogP contribution is 2.22. The molecule has 112 valence electrons. The normalized spacial score (nSPS) is 19.8. The van der Waals surface area contributed by atoms with Crippen molar-refractivity contribution in [2.45, 2.75) is 33.2 Å². The Morgan fingerprint density at radius 3 is 2.85 bits per heavy atom.